The maximum absolute atomic E-state index is 13.6. The molecule has 6 nitrogen and oxygen atoms in total. The fourth-order valence-corrected chi connectivity index (χ4v) is 5.43. The predicted octanol–water partition coefficient (Wildman–Crippen LogP) is 4.13. The number of nitrogens with zero attached hydrogens (tertiary/aromatic N) is 3. The maximum Gasteiger partial charge on any atom is 0.416 e. The van der Waals surface area contributed by atoms with Crippen molar-refractivity contribution >= 4 is 28.9 Å². The zero-order valence-electron chi connectivity index (χ0n) is 18.8. The number of hydrogen-bond acceptors (Lipinski definition) is 4. The van der Waals surface area contributed by atoms with Gasteiger partial charge in [-0.25, -0.2) is 0 Å². The Labute approximate surface area is 196 Å². The third-order valence-corrected chi connectivity index (χ3v) is 7.19. The van der Waals surface area contributed by atoms with E-state index in [0.29, 0.717) is 50.4 Å². The summed E-state index contributed by atoms with van der Waals surface area (Å²) in [5.41, 5.74) is 0.411. The van der Waals surface area contributed by atoms with Crippen molar-refractivity contribution in [1.82, 2.24) is 4.90 Å². The van der Waals surface area contributed by atoms with Crippen LogP contribution in [0.4, 0.5) is 30.2 Å². The SMILES string of the molecule is O=C(CN1CCN(c2cccc(C(F)(F)F)c2)CC1)N1c2ccccc2NC(=O)C12CCCC2. The number of carbonyl (C=O) groups excluding carboxylic acids is 2. The molecule has 9 heteroatoms. The van der Waals surface area contributed by atoms with E-state index >= 15 is 0 Å². The number of halogens is 3. The van der Waals surface area contributed by atoms with Crippen molar-refractivity contribution in [2.24, 2.45) is 0 Å². The quantitative estimate of drug-likeness (QED) is 0.730. The minimum atomic E-state index is -4.38. The zero-order chi connectivity index (χ0) is 23.9. The van der Waals surface area contributed by atoms with Crippen LogP contribution in [0.3, 0.4) is 0 Å². The monoisotopic (exact) mass is 472 g/mol. The molecule has 2 aromatic carbocycles. The summed E-state index contributed by atoms with van der Waals surface area (Å²) in [6, 6.07) is 12.7. The lowest BCUT2D eigenvalue weighted by Crippen LogP contribution is -2.62. The number of hydrogen-bond donors (Lipinski definition) is 1. The average molecular weight is 473 g/mol. The minimum Gasteiger partial charge on any atom is -0.369 e. The number of carbonyl (C=O) groups is 2. The summed E-state index contributed by atoms with van der Waals surface area (Å²) in [4.78, 5) is 32.3. The van der Waals surface area contributed by atoms with Gasteiger partial charge >= 0.3 is 6.18 Å². The van der Waals surface area contributed by atoms with Crippen molar-refractivity contribution in [1.29, 1.82) is 0 Å². The first kappa shape index (κ1) is 22.7. The Bertz CT molecular complexity index is 1090. The molecule has 0 atom stereocenters. The second-order valence-corrected chi connectivity index (χ2v) is 9.25. The highest BCUT2D eigenvalue weighted by molar-refractivity contribution is 6.15. The van der Waals surface area contributed by atoms with E-state index in [0.717, 1.165) is 24.6 Å². The van der Waals surface area contributed by atoms with Gasteiger partial charge in [0, 0.05) is 31.9 Å². The fraction of sp³-hybridized carbons (Fsp3) is 0.440. The Morgan fingerprint density at radius 2 is 1.68 bits per heavy atom. The van der Waals surface area contributed by atoms with Crippen LogP contribution in [0.5, 0.6) is 0 Å². The van der Waals surface area contributed by atoms with Crippen molar-refractivity contribution in [3.05, 3.63) is 54.1 Å². The predicted molar refractivity (Wildman–Crippen MR) is 124 cm³/mol. The summed E-state index contributed by atoms with van der Waals surface area (Å²) < 4.78 is 39.2. The van der Waals surface area contributed by atoms with E-state index in [9.17, 15) is 22.8 Å². The molecule has 0 radical (unpaired) electrons. The van der Waals surface area contributed by atoms with E-state index in [4.69, 9.17) is 0 Å². The molecule has 1 spiro atoms. The van der Waals surface area contributed by atoms with Gasteiger partial charge in [0.25, 0.3) is 5.91 Å². The van der Waals surface area contributed by atoms with Gasteiger partial charge < -0.3 is 10.2 Å². The van der Waals surface area contributed by atoms with Crippen molar-refractivity contribution in [2.45, 2.75) is 37.4 Å². The molecule has 1 aliphatic carbocycles. The van der Waals surface area contributed by atoms with Gasteiger partial charge in [-0.2, -0.15) is 13.2 Å². The molecule has 2 aliphatic heterocycles. The molecule has 1 N–H and O–H groups in total. The van der Waals surface area contributed by atoms with Gasteiger partial charge in [-0.15, -0.1) is 0 Å². The fourth-order valence-electron chi connectivity index (χ4n) is 5.43. The van der Waals surface area contributed by atoms with Crippen molar-refractivity contribution in [3.8, 4) is 0 Å². The lowest BCUT2D eigenvalue weighted by molar-refractivity contribution is -0.137. The number of alkyl halides is 3. The first-order valence-corrected chi connectivity index (χ1v) is 11.7. The maximum atomic E-state index is 13.6. The van der Waals surface area contributed by atoms with Crippen LogP contribution >= 0.6 is 0 Å². The second-order valence-electron chi connectivity index (χ2n) is 9.25. The number of amides is 2. The number of nitrogens with one attached hydrogen (secondary N) is 1. The lowest BCUT2D eigenvalue weighted by atomic mass is 9.89. The molecule has 1 saturated heterocycles. The van der Waals surface area contributed by atoms with Gasteiger partial charge in [0.15, 0.2) is 0 Å². The average Bonchev–Trinajstić information content (AvgIpc) is 3.30. The first-order chi connectivity index (χ1) is 16.3. The molecule has 180 valence electrons. The van der Waals surface area contributed by atoms with Crippen LogP contribution in [0.15, 0.2) is 48.5 Å². The van der Waals surface area contributed by atoms with E-state index < -0.39 is 17.3 Å². The Balaban J connectivity index is 1.29. The molecule has 2 amide bonds. The molecule has 2 aromatic rings. The number of piperazine rings is 1. The van der Waals surface area contributed by atoms with Crippen LogP contribution in [0.25, 0.3) is 0 Å². The molecular formula is C25H27F3N4O2. The highest BCUT2D eigenvalue weighted by atomic mass is 19.4. The summed E-state index contributed by atoms with van der Waals surface area (Å²) in [5.74, 6) is -0.233. The highest BCUT2D eigenvalue weighted by Crippen LogP contribution is 2.45. The molecular weight excluding hydrogens is 445 g/mol. The summed E-state index contributed by atoms with van der Waals surface area (Å²) in [5, 5.41) is 2.99. The van der Waals surface area contributed by atoms with E-state index in [1.165, 1.54) is 12.1 Å². The van der Waals surface area contributed by atoms with E-state index in [1.54, 1.807) is 11.0 Å². The van der Waals surface area contributed by atoms with Gasteiger partial charge in [-0.1, -0.05) is 31.0 Å². The highest BCUT2D eigenvalue weighted by Gasteiger charge is 2.52. The van der Waals surface area contributed by atoms with Crippen molar-refractivity contribution in [2.75, 3.05) is 47.8 Å². The van der Waals surface area contributed by atoms with E-state index in [-0.39, 0.29) is 18.4 Å². The largest absolute Gasteiger partial charge is 0.416 e. The molecule has 5 rings (SSSR count). The normalized spacial score (nSPS) is 20.4. The third kappa shape index (κ3) is 4.02. The zero-order valence-corrected chi connectivity index (χ0v) is 18.8. The van der Waals surface area contributed by atoms with E-state index in [2.05, 4.69) is 5.32 Å². The van der Waals surface area contributed by atoms with Gasteiger partial charge in [0.1, 0.15) is 5.54 Å². The Morgan fingerprint density at radius 3 is 2.38 bits per heavy atom. The number of anilines is 3. The third-order valence-electron chi connectivity index (χ3n) is 7.19. The number of rotatable bonds is 3. The molecule has 0 unspecified atom stereocenters. The van der Waals surface area contributed by atoms with Crippen LogP contribution in [0, 0.1) is 0 Å². The van der Waals surface area contributed by atoms with Gasteiger partial charge in [-0.3, -0.25) is 19.4 Å². The van der Waals surface area contributed by atoms with Gasteiger partial charge in [0.05, 0.1) is 23.5 Å². The Morgan fingerprint density at radius 1 is 0.971 bits per heavy atom. The van der Waals surface area contributed by atoms with Crippen molar-refractivity contribution < 1.29 is 22.8 Å². The van der Waals surface area contributed by atoms with Crippen LogP contribution in [-0.2, 0) is 15.8 Å². The first-order valence-electron chi connectivity index (χ1n) is 11.7. The molecule has 2 fully saturated rings. The van der Waals surface area contributed by atoms with Crippen LogP contribution in [-0.4, -0.2) is 55.0 Å². The smallest absolute Gasteiger partial charge is 0.369 e. The lowest BCUT2D eigenvalue weighted by Gasteiger charge is -2.45. The molecule has 0 aromatic heterocycles. The summed E-state index contributed by atoms with van der Waals surface area (Å²) >= 11 is 0. The summed E-state index contributed by atoms with van der Waals surface area (Å²) in [6.45, 7) is 2.32. The number of benzene rings is 2. The molecule has 0 bridgehead atoms. The van der Waals surface area contributed by atoms with Gasteiger partial charge in [0.2, 0.25) is 5.91 Å². The number of fused-ring (bicyclic) bond motifs is 1. The number of para-hydroxylation sites is 2. The van der Waals surface area contributed by atoms with E-state index in [1.807, 2.05) is 34.1 Å². The second kappa shape index (κ2) is 8.61. The Hall–Kier alpha value is -3.07. The Kier molecular flexibility index (Phi) is 5.75. The van der Waals surface area contributed by atoms with Crippen LogP contribution in [0.2, 0.25) is 0 Å². The molecule has 34 heavy (non-hydrogen) atoms. The van der Waals surface area contributed by atoms with Crippen LogP contribution < -0.4 is 15.1 Å². The molecule has 1 saturated carbocycles. The summed E-state index contributed by atoms with van der Waals surface area (Å²) in [6.07, 6.45) is -1.30. The minimum absolute atomic E-state index is 0.114. The summed E-state index contributed by atoms with van der Waals surface area (Å²) in [7, 11) is 0. The topological polar surface area (TPSA) is 55.9 Å². The van der Waals surface area contributed by atoms with Gasteiger partial charge in [-0.05, 0) is 43.2 Å². The van der Waals surface area contributed by atoms with Crippen LogP contribution in [0.1, 0.15) is 31.2 Å². The van der Waals surface area contributed by atoms with Crippen molar-refractivity contribution in [3.63, 3.8) is 0 Å². The molecule has 2 heterocycles. The standard InChI is InChI=1S/C25H27F3N4O2/c26-25(27,28)18-6-5-7-19(16-18)31-14-12-30(13-15-31)17-22(33)32-21-9-2-1-8-20(21)29-23(34)24(32)10-3-4-11-24/h1-2,5-9,16H,3-4,10-15,17H2,(H,29,34). The molecule has 3 aliphatic rings.